The zero-order valence-corrected chi connectivity index (χ0v) is 10.7. The van der Waals surface area contributed by atoms with Gasteiger partial charge in [-0.1, -0.05) is 11.8 Å². The molecule has 0 radical (unpaired) electrons. The summed E-state index contributed by atoms with van der Waals surface area (Å²) in [6.45, 7) is 1.84. The van der Waals surface area contributed by atoms with E-state index in [4.69, 9.17) is 4.74 Å². The van der Waals surface area contributed by atoms with Gasteiger partial charge in [-0.3, -0.25) is 9.89 Å². The lowest BCUT2D eigenvalue weighted by molar-refractivity contribution is -0.142. The van der Waals surface area contributed by atoms with Crippen molar-refractivity contribution in [3.8, 4) is 0 Å². The van der Waals surface area contributed by atoms with Gasteiger partial charge in [0.25, 0.3) is 0 Å². The third kappa shape index (κ3) is 3.71. The first-order chi connectivity index (χ1) is 8.19. The van der Waals surface area contributed by atoms with Crippen LogP contribution in [0.4, 0.5) is 0 Å². The standard InChI is InChI=1S/C10H16N4O2S/c1-6-11-10(14-13-6)17-5-8(9(15)16-2)12-7-3-4-7/h7-8,12H,3-5H2,1-2H3,(H,11,13,14). The monoisotopic (exact) mass is 256 g/mol. The smallest absolute Gasteiger partial charge is 0.323 e. The maximum atomic E-state index is 11.6. The second-order valence-electron chi connectivity index (χ2n) is 4.03. The van der Waals surface area contributed by atoms with Gasteiger partial charge in [-0.2, -0.15) is 0 Å². The summed E-state index contributed by atoms with van der Waals surface area (Å²) in [7, 11) is 1.41. The van der Waals surface area contributed by atoms with Crippen LogP contribution in [0, 0.1) is 6.92 Å². The molecule has 1 unspecified atom stereocenters. The minimum atomic E-state index is -0.281. The normalized spacial score (nSPS) is 16.8. The molecule has 2 N–H and O–H groups in total. The van der Waals surface area contributed by atoms with Crippen LogP contribution in [-0.2, 0) is 9.53 Å². The molecule has 0 aliphatic heterocycles. The Bertz CT molecular complexity index is 391. The van der Waals surface area contributed by atoms with Crippen molar-refractivity contribution in [2.24, 2.45) is 0 Å². The van der Waals surface area contributed by atoms with Crippen LogP contribution in [0.1, 0.15) is 18.7 Å². The highest BCUT2D eigenvalue weighted by atomic mass is 32.2. The molecule has 0 spiro atoms. The fraction of sp³-hybridized carbons (Fsp3) is 0.700. The highest BCUT2D eigenvalue weighted by molar-refractivity contribution is 7.99. The van der Waals surface area contributed by atoms with E-state index < -0.39 is 0 Å². The number of ether oxygens (including phenoxy) is 1. The van der Waals surface area contributed by atoms with Crippen molar-refractivity contribution in [3.63, 3.8) is 0 Å². The van der Waals surface area contributed by atoms with E-state index >= 15 is 0 Å². The maximum absolute atomic E-state index is 11.6. The lowest BCUT2D eigenvalue weighted by atomic mass is 10.3. The van der Waals surface area contributed by atoms with Gasteiger partial charge in [-0.15, -0.1) is 5.10 Å². The largest absolute Gasteiger partial charge is 0.468 e. The number of rotatable bonds is 6. The number of aryl methyl sites for hydroxylation is 1. The number of methoxy groups -OCH3 is 1. The van der Waals surface area contributed by atoms with Crippen LogP contribution < -0.4 is 5.32 Å². The molecule has 0 bridgehead atoms. The van der Waals surface area contributed by atoms with Crippen molar-refractivity contribution < 1.29 is 9.53 Å². The fourth-order valence-corrected chi connectivity index (χ4v) is 2.27. The summed E-state index contributed by atoms with van der Waals surface area (Å²) in [6.07, 6.45) is 2.27. The van der Waals surface area contributed by atoms with Gasteiger partial charge < -0.3 is 10.1 Å². The average Bonchev–Trinajstić information content (AvgIpc) is 3.05. The maximum Gasteiger partial charge on any atom is 0.323 e. The lowest BCUT2D eigenvalue weighted by Gasteiger charge is -2.14. The van der Waals surface area contributed by atoms with Gasteiger partial charge in [-0.25, -0.2) is 4.98 Å². The zero-order chi connectivity index (χ0) is 12.3. The number of H-pyrrole nitrogens is 1. The third-order valence-electron chi connectivity index (χ3n) is 2.46. The summed E-state index contributed by atoms with van der Waals surface area (Å²) < 4.78 is 4.77. The van der Waals surface area contributed by atoms with Gasteiger partial charge in [0.05, 0.1) is 7.11 Å². The minimum absolute atomic E-state index is 0.225. The molecule has 94 valence electrons. The molecule has 1 saturated carbocycles. The third-order valence-corrected chi connectivity index (χ3v) is 3.40. The van der Waals surface area contributed by atoms with Crippen molar-refractivity contribution in [3.05, 3.63) is 5.82 Å². The molecular weight excluding hydrogens is 240 g/mol. The molecule has 1 aromatic rings. The van der Waals surface area contributed by atoms with Crippen molar-refractivity contribution in [2.45, 2.75) is 37.0 Å². The molecule has 1 atom stereocenters. The number of nitrogens with zero attached hydrogens (tertiary/aromatic N) is 2. The molecular formula is C10H16N4O2S. The SMILES string of the molecule is COC(=O)C(CSc1n[nH]c(C)n1)NC1CC1. The fourth-order valence-electron chi connectivity index (χ4n) is 1.41. The molecule has 0 saturated heterocycles. The first-order valence-corrected chi connectivity index (χ1v) is 6.53. The Morgan fingerprint density at radius 2 is 2.47 bits per heavy atom. The summed E-state index contributed by atoms with van der Waals surface area (Å²) >= 11 is 1.45. The molecule has 6 nitrogen and oxygen atoms in total. The van der Waals surface area contributed by atoms with Crippen molar-refractivity contribution in [1.82, 2.24) is 20.5 Å². The van der Waals surface area contributed by atoms with E-state index in [1.807, 2.05) is 6.92 Å². The predicted molar refractivity (Wildman–Crippen MR) is 63.8 cm³/mol. The van der Waals surface area contributed by atoms with Crippen LogP contribution in [0.2, 0.25) is 0 Å². The Labute approximate surface area is 104 Å². The molecule has 0 amide bonds. The first-order valence-electron chi connectivity index (χ1n) is 5.54. The number of carbonyl (C=O) groups is 1. The van der Waals surface area contributed by atoms with E-state index in [9.17, 15) is 4.79 Å². The van der Waals surface area contributed by atoms with Crippen LogP contribution in [0.3, 0.4) is 0 Å². The first kappa shape index (κ1) is 12.4. The van der Waals surface area contributed by atoms with Crippen LogP contribution >= 0.6 is 11.8 Å². The Balaban J connectivity index is 1.85. The van der Waals surface area contributed by atoms with E-state index in [1.165, 1.54) is 18.9 Å². The molecule has 7 heteroatoms. The van der Waals surface area contributed by atoms with Gasteiger partial charge in [0.1, 0.15) is 11.9 Å². The summed E-state index contributed by atoms with van der Waals surface area (Å²) in [6, 6.07) is 0.185. The summed E-state index contributed by atoms with van der Waals surface area (Å²) in [5, 5.41) is 10.7. The van der Waals surface area contributed by atoms with Gasteiger partial charge >= 0.3 is 5.97 Å². The van der Waals surface area contributed by atoms with Gasteiger partial charge in [0.15, 0.2) is 0 Å². The number of aromatic amines is 1. The summed E-state index contributed by atoms with van der Waals surface area (Å²) in [5.41, 5.74) is 0. The molecule has 0 aromatic carbocycles. The number of aromatic nitrogens is 3. The van der Waals surface area contributed by atoms with E-state index in [-0.39, 0.29) is 12.0 Å². The Hall–Kier alpha value is -1.08. The van der Waals surface area contributed by atoms with E-state index in [2.05, 4.69) is 20.5 Å². The van der Waals surface area contributed by atoms with Gasteiger partial charge in [0, 0.05) is 11.8 Å². The minimum Gasteiger partial charge on any atom is -0.468 e. The number of carbonyl (C=O) groups excluding carboxylic acids is 1. The second-order valence-corrected chi connectivity index (χ2v) is 5.02. The van der Waals surface area contributed by atoms with Crippen molar-refractivity contribution in [2.75, 3.05) is 12.9 Å². The highest BCUT2D eigenvalue weighted by Crippen LogP contribution is 2.21. The molecule has 1 fully saturated rings. The Morgan fingerprint density at radius 3 is 3.00 bits per heavy atom. The number of hydrogen-bond donors (Lipinski definition) is 2. The predicted octanol–water partition coefficient (Wildman–Crippen LogP) is 0.499. The zero-order valence-electron chi connectivity index (χ0n) is 9.90. The quantitative estimate of drug-likeness (QED) is 0.570. The average molecular weight is 256 g/mol. The van der Waals surface area contributed by atoms with E-state index in [1.54, 1.807) is 0 Å². The molecule has 2 rings (SSSR count). The number of thioether (sulfide) groups is 1. The molecule has 1 aromatic heterocycles. The number of esters is 1. The highest BCUT2D eigenvalue weighted by Gasteiger charge is 2.29. The van der Waals surface area contributed by atoms with Crippen molar-refractivity contribution in [1.29, 1.82) is 0 Å². The van der Waals surface area contributed by atoms with E-state index in [0.29, 0.717) is 17.0 Å². The molecule has 17 heavy (non-hydrogen) atoms. The van der Waals surface area contributed by atoms with Gasteiger partial charge in [0.2, 0.25) is 5.16 Å². The van der Waals surface area contributed by atoms with Crippen LogP contribution in [0.5, 0.6) is 0 Å². The van der Waals surface area contributed by atoms with Gasteiger partial charge in [-0.05, 0) is 19.8 Å². The Morgan fingerprint density at radius 1 is 1.71 bits per heavy atom. The number of hydrogen-bond acceptors (Lipinski definition) is 6. The summed E-state index contributed by atoms with van der Waals surface area (Å²) in [4.78, 5) is 15.7. The summed E-state index contributed by atoms with van der Waals surface area (Å²) in [5.74, 6) is 1.13. The molecule has 1 aliphatic rings. The lowest BCUT2D eigenvalue weighted by Crippen LogP contribution is -2.41. The molecule has 1 aliphatic carbocycles. The topological polar surface area (TPSA) is 79.9 Å². The second kappa shape index (κ2) is 5.50. The Kier molecular flexibility index (Phi) is 4.01. The molecule has 1 heterocycles. The van der Waals surface area contributed by atoms with Crippen LogP contribution in [0.15, 0.2) is 5.16 Å². The van der Waals surface area contributed by atoms with Crippen molar-refractivity contribution >= 4 is 17.7 Å². The van der Waals surface area contributed by atoms with E-state index in [0.717, 1.165) is 18.7 Å². The van der Waals surface area contributed by atoms with Crippen LogP contribution in [0.25, 0.3) is 0 Å². The number of nitrogens with one attached hydrogen (secondary N) is 2. The van der Waals surface area contributed by atoms with Crippen LogP contribution in [-0.4, -0.2) is 46.1 Å².